The molecule has 2 aromatic rings. The van der Waals surface area contributed by atoms with Gasteiger partial charge in [0.05, 0.1) is 11.3 Å². The highest BCUT2D eigenvalue weighted by molar-refractivity contribution is 8.27. The normalized spacial score (nSPS) is 19.7. The minimum absolute atomic E-state index is 0.268. The summed E-state index contributed by atoms with van der Waals surface area (Å²) in [5, 5.41) is 0. The zero-order valence-electron chi connectivity index (χ0n) is 12.6. The number of amides is 1. The van der Waals surface area contributed by atoms with Gasteiger partial charge in [0.25, 0.3) is 5.91 Å². The highest BCUT2D eigenvalue weighted by atomic mass is 32.2. The van der Waals surface area contributed by atoms with E-state index in [1.807, 2.05) is 37.3 Å². The van der Waals surface area contributed by atoms with Crippen molar-refractivity contribution in [2.75, 3.05) is 4.90 Å². The number of nitrogens with zero attached hydrogens (tertiary/aromatic N) is 1. The van der Waals surface area contributed by atoms with Crippen molar-refractivity contribution in [1.29, 1.82) is 0 Å². The van der Waals surface area contributed by atoms with Crippen LogP contribution in [0.15, 0.2) is 53.4 Å². The van der Waals surface area contributed by atoms with Crippen LogP contribution in [0.1, 0.15) is 21.5 Å². The number of hydrogen-bond donors (Lipinski definition) is 0. The first-order chi connectivity index (χ1) is 11.6. The van der Waals surface area contributed by atoms with Gasteiger partial charge in [-0.05, 0) is 30.7 Å². The summed E-state index contributed by atoms with van der Waals surface area (Å²) in [7, 11) is 0. The second-order valence-corrected chi connectivity index (χ2v) is 7.09. The number of anilines is 1. The van der Waals surface area contributed by atoms with Gasteiger partial charge >= 0.3 is 5.97 Å². The van der Waals surface area contributed by atoms with Crippen LogP contribution in [0.5, 0.6) is 0 Å². The van der Waals surface area contributed by atoms with Crippen LogP contribution < -0.4 is 4.90 Å². The number of rotatable bonds is 1. The molecular formula is C18H11NO3S2. The second kappa shape index (κ2) is 5.58. The Balaban J connectivity index is 1.81. The van der Waals surface area contributed by atoms with E-state index >= 15 is 0 Å². The third-order valence-electron chi connectivity index (χ3n) is 3.82. The molecule has 0 bridgehead atoms. The molecule has 118 valence electrons. The van der Waals surface area contributed by atoms with Crippen LogP contribution >= 0.6 is 24.0 Å². The first-order valence-electron chi connectivity index (χ1n) is 7.25. The summed E-state index contributed by atoms with van der Waals surface area (Å²) in [6.07, 6.45) is 0. The van der Waals surface area contributed by atoms with Gasteiger partial charge in [-0.2, -0.15) is 0 Å². The third-order valence-corrected chi connectivity index (χ3v) is 5.18. The van der Waals surface area contributed by atoms with Crippen molar-refractivity contribution in [3.8, 4) is 0 Å². The maximum Gasteiger partial charge on any atom is 0.344 e. The maximum absolute atomic E-state index is 12.9. The monoisotopic (exact) mass is 353 g/mol. The van der Waals surface area contributed by atoms with E-state index in [0.717, 1.165) is 17.3 Å². The molecule has 0 atom stereocenters. The standard InChI is InChI=1S/C18H11NO3S2/c1-10-5-4-6-11(9-10)19-16(20)15(24-18(19)23)14-12-7-2-3-8-13(12)17(21)22-14/h2-9H,1H3/b15-14-. The quantitative estimate of drug-likeness (QED) is 0.442. The molecule has 4 nitrogen and oxygen atoms in total. The molecule has 1 fully saturated rings. The SMILES string of the molecule is Cc1cccc(N2C(=O)/C(=C3/OC(=O)c4ccccc43)SC2=S)c1. The molecule has 1 saturated heterocycles. The number of ether oxygens (including phenoxy) is 1. The number of cyclic esters (lactones) is 1. The van der Waals surface area contributed by atoms with E-state index in [4.69, 9.17) is 17.0 Å². The molecular weight excluding hydrogens is 342 g/mol. The number of carbonyl (C=O) groups excluding carboxylic acids is 2. The summed E-state index contributed by atoms with van der Waals surface area (Å²) >= 11 is 6.53. The molecule has 0 spiro atoms. The lowest BCUT2D eigenvalue weighted by atomic mass is 10.1. The summed E-state index contributed by atoms with van der Waals surface area (Å²) in [6, 6.07) is 14.6. The first-order valence-corrected chi connectivity index (χ1v) is 8.47. The number of thiocarbonyl (C=S) groups is 1. The van der Waals surface area contributed by atoms with E-state index in [1.54, 1.807) is 18.2 Å². The van der Waals surface area contributed by atoms with Crippen LogP contribution in [-0.4, -0.2) is 16.2 Å². The van der Waals surface area contributed by atoms with E-state index in [0.29, 0.717) is 31.8 Å². The fraction of sp³-hybridized carbons (Fsp3) is 0.0556. The number of aryl methyl sites for hydroxylation is 1. The number of carbonyl (C=O) groups is 2. The van der Waals surface area contributed by atoms with Gasteiger partial charge in [-0.1, -0.05) is 54.3 Å². The lowest BCUT2D eigenvalue weighted by molar-refractivity contribution is -0.113. The van der Waals surface area contributed by atoms with Crippen LogP contribution in [0.25, 0.3) is 5.76 Å². The predicted molar refractivity (Wildman–Crippen MR) is 97.6 cm³/mol. The topological polar surface area (TPSA) is 46.6 Å². The van der Waals surface area contributed by atoms with Gasteiger partial charge in [0.2, 0.25) is 0 Å². The summed E-state index contributed by atoms with van der Waals surface area (Å²) in [4.78, 5) is 26.7. The Labute approximate surface area is 148 Å². The Morgan fingerprint density at radius 3 is 2.54 bits per heavy atom. The van der Waals surface area contributed by atoms with Crippen LogP contribution in [-0.2, 0) is 9.53 Å². The summed E-state index contributed by atoms with van der Waals surface area (Å²) in [5.41, 5.74) is 2.85. The highest BCUT2D eigenvalue weighted by Gasteiger charge is 2.40. The van der Waals surface area contributed by atoms with Gasteiger partial charge in [-0.25, -0.2) is 4.79 Å². The number of fused-ring (bicyclic) bond motifs is 1. The largest absolute Gasteiger partial charge is 0.421 e. The molecule has 2 aliphatic heterocycles. The van der Waals surface area contributed by atoms with E-state index in [9.17, 15) is 9.59 Å². The molecule has 0 unspecified atom stereocenters. The summed E-state index contributed by atoms with van der Waals surface area (Å²) < 4.78 is 5.78. The van der Waals surface area contributed by atoms with Crippen molar-refractivity contribution in [2.24, 2.45) is 0 Å². The molecule has 4 rings (SSSR count). The lowest BCUT2D eigenvalue weighted by Gasteiger charge is -2.14. The van der Waals surface area contributed by atoms with E-state index in [-0.39, 0.29) is 5.91 Å². The molecule has 6 heteroatoms. The molecule has 2 heterocycles. The molecule has 0 aromatic heterocycles. The zero-order chi connectivity index (χ0) is 16.8. The molecule has 0 N–H and O–H groups in total. The van der Waals surface area contributed by atoms with Crippen molar-refractivity contribution < 1.29 is 14.3 Å². The highest BCUT2D eigenvalue weighted by Crippen LogP contribution is 2.42. The van der Waals surface area contributed by atoms with Crippen molar-refractivity contribution in [3.05, 3.63) is 70.1 Å². The Kier molecular flexibility index (Phi) is 3.51. The third kappa shape index (κ3) is 2.26. The Bertz CT molecular complexity index is 949. The van der Waals surface area contributed by atoms with Gasteiger partial charge in [0.15, 0.2) is 10.1 Å². The van der Waals surface area contributed by atoms with E-state index in [2.05, 4.69) is 0 Å². The fourth-order valence-electron chi connectivity index (χ4n) is 2.72. The van der Waals surface area contributed by atoms with Crippen LogP contribution in [0.2, 0.25) is 0 Å². The van der Waals surface area contributed by atoms with E-state index < -0.39 is 5.97 Å². The van der Waals surface area contributed by atoms with Crippen molar-refractivity contribution in [2.45, 2.75) is 6.92 Å². The minimum Gasteiger partial charge on any atom is -0.421 e. The van der Waals surface area contributed by atoms with Crippen molar-refractivity contribution in [1.82, 2.24) is 0 Å². The molecule has 0 radical (unpaired) electrons. The molecule has 1 amide bonds. The second-order valence-electron chi connectivity index (χ2n) is 5.44. The van der Waals surface area contributed by atoms with Crippen LogP contribution in [0, 0.1) is 6.92 Å². The Morgan fingerprint density at radius 1 is 1.04 bits per heavy atom. The average Bonchev–Trinajstić information content (AvgIpc) is 3.05. The van der Waals surface area contributed by atoms with Gasteiger partial charge in [0.1, 0.15) is 4.91 Å². The number of hydrogen-bond acceptors (Lipinski definition) is 5. The van der Waals surface area contributed by atoms with Crippen molar-refractivity contribution in [3.63, 3.8) is 0 Å². The van der Waals surface area contributed by atoms with E-state index in [1.165, 1.54) is 4.90 Å². The van der Waals surface area contributed by atoms with Gasteiger partial charge in [-0.15, -0.1) is 0 Å². The maximum atomic E-state index is 12.9. The van der Waals surface area contributed by atoms with Crippen LogP contribution in [0.4, 0.5) is 5.69 Å². The number of esters is 1. The fourth-order valence-corrected chi connectivity index (χ4v) is 4.04. The number of benzene rings is 2. The average molecular weight is 353 g/mol. The zero-order valence-corrected chi connectivity index (χ0v) is 14.2. The lowest BCUT2D eigenvalue weighted by Crippen LogP contribution is -2.27. The summed E-state index contributed by atoms with van der Waals surface area (Å²) in [5.74, 6) is -0.417. The molecule has 24 heavy (non-hydrogen) atoms. The Morgan fingerprint density at radius 2 is 1.79 bits per heavy atom. The predicted octanol–water partition coefficient (Wildman–Crippen LogP) is 3.90. The first kappa shape index (κ1) is 15.1. The summed E-state index contributed by atoms with van der Waals surface area (Å²) in [6.45, 7) is 1.95. The number of thioether (sulfide) groups is 1. The van der Waals surface area contributed by atoms with Crippen LogP contribution in [0.3, 0.4) is 0 Å². The molecule has 2 aliphatic rings. The molecule has 0 saturated carbocycles. The van der Waals surface area contributed by atoms with Gasteiger partial charge in [0, 0.05) is 5.56 Å². The smallest absolute Gasteiger partial charge is 0.344 e. The van der Waals surface area contributed by atoms with Gasteiger partial charge < -0.3 is 4.74 Å². The Hall–Kier alpha value is -2.44. The van der Waals surface area contributed by atoms with Gasteiger partial charge in [-0.3, -0.25) is 9.69 Å². The minimum atomic E-state index is -0.443. The van der Waals surface area contributed by atoms with Crippen molar-refractivity contribution >= 4 is 51.6 Å². The molecule has 2 aromatic carbocycles. The molecule has 0 aliphatic carbocycles.